The Balaban J connectivity index is 0.000000140. The second-order valence-electron chi connectivity index (χ2n) is 23.1. The Morgan fingerprint density at radius 3 is 1.73 bits per heavy atom. The number of aliphatic hydroxyl groups excluding tert-OH is 1. The molecule has 0 bridgehead atoms. The molecule has 0 aliphatic carbocycles. The molecule has 0 spiro atoms. The van der Waals surface area contributed by atoms with Gasteiger partial charge >= 0.3 is 6.18 Å². The number of halogens is 5. The zero-order valence-electron chi connectivity index (χ0n) is 55.0. The van der Waals surface area contributed by atoms with Crippen LogP contribution in [0.15, 0.2) is 254 Å². The van der Waals surface area contributed by atoms with Gasteiger partial charge in [-0.1, -0.05) is 91.0 Å². The van der Waals surface area contributed by atoms with E-state index in [-0.39, 0.29) is 13.2 Å². The Morgan fingerprint density at radius 2 is 1.06 bits per heavy atom. The van der Waals surface area contributed by atoms with Crippen LogP contribution in [0.5, 0.6) is 0 Å². The number of aryl methyl sites for hydroxylation is 8. The van der Waals surface area contributed by atoms with Gasteiger partial charge in [0.25, 0.3) is 6.47 Å². The molecule has 6 aromatic heterocycles. The summed E-state index contributed by atoms with van der Waals surface area (Å²) in [5.74, 6) is 0.346. The Hall–Kier alpha value is -10.8. The second-order valence-corrected chi connectivity index (χ2v) is 23.1. The van der Waals surface area contributed by atoms with E-state index >= 15 is 0 Å². The van der Waals surface area contributed by atoms with Crippen LogP contribution in [0.3, 0.4) is 0 Å². The fourth-order valence-electron chi connectivity index (χ4n) is 11.5. The molecule has 0 saturated heterocycles. The zero-order valence-corrected chi connectivity index (χ0v) is 55.0. The van der Waals surface area contributed by atoms with Crippen LogP contribution in [0.4, 0.5) is 22.0 Å². The molecule has 0 unspecified atom stereocenters. The predicted octanol–water partition coefficient (Wildman–Crippen LogP) is 16.5. The molecular formula is C81H77F5N5O4+5. The van der Waals surface area contributed by atoms with Crippen molar-refractivity contribution < 1.29 is 63.8 Å². The number of fused-ring (bicyclic) bond motifs is 2. The van der Waals surface area contributed by atoms with Gasteiger partial charge in [-0.3, -0.25) is 4.79 Å². The Bertz CT molecular complexity index is 4840. The number of benzene rings is 7. The average molecular weight is 1280 g/mol. The molecule has 0 atom stereocenters. The number of aliphatic hydroxyl groups is 1. The number of carbonyl (C=O) groups excluding carboxylic acids is 1. The fourth-order valence-corrected chi connectivity index (χ4v) is 11.5. The summed E-state index contributed by atoms with van der Waals surface area (Å²) in [6.45, 7) is 10.3. The smallest absolute Gasteiger partial charge is 0.422 e. The van der Waals surface area contributed by atoms with Gasteiger partial charge in [-0.15, -0.1) is 0 Å². The van der Waals surface area contributed by atoms with Crippen LogP contribution in [0.1, 0.15) is 44.7 Å². The number of ether oxygens (including phenoxy) is 1. The van der Waals surface area contributed by atoms with Gasteiger partial charge in [-0.25, -0.2) is 22.5 Å². The molecule has 6 heterocycles. The lowest BCUT2D eigenvalue weighted by Crippen LogP contribution is -2.33. The summed E-state index contributed by atoms with van der Waals surface area (Å²) in [6, 6.07) is 74.8. The first-order valence-electron chi connectivity index (χ1n) is 30.9. The quantitative estimate of drug-likeness (QED) is 0.0841. The van der Waals surface area contributed by atoms with Crippen molar-refractivity contribution in [3.8, 4) is 67.7 Å². The van der Waals surface area contributed by atoms with E-state index in [4.69, 9.17) is 14.3 Å². The van der Waals surface area contributed by atoms with E-state index in [0.717, 1.165) is 63.2 Å². The molecule has 0 aliphatic rings. The Morgan fingerprint density at radius 1 is 0.474 bits per heavy atom. The van der Waals surface area contributed by atoms with Gasteiger partial charge in [-0.2, -0.15) is 22.3 Å². The number of aromatic nitrogens is 5. The van der Waals surface area contributed by atoms with Crippen molar-refractivity contribution >= 4 is 28.1 Å². The first kappa shape index (κ1) is 68.5. The highest BCUT2D eigenvalue weighted by molar-refractivity contribution is 5.90. The Labute approximate surface area is 551 Å². The predicted molar refractivity (Wildman–Crippen MR) is 363 cm³/mol. The standard InChI is InChI=1S/C19H18N.C17H16N.C16H15F3NO2.C16H16NO2.C13H12F2N/c1-15-9-6-7-12-17(15)19-14-8-13-18(20(19)2)16-10-4-3-5-11-16;1-13-15-8-4-3-7-14(15)10-11-16(13)17-9-5-6-12-18(17)2;1-11-3-4-12(9-22-10-21)7-14(11)15-6-5-13(8-20(15)2)16(17,18)19;1-11-9-13(10-18)19-16(11)15-8-7-12-5-3-4-6-14(12)17(15)2;1-9-11(7-10(14)8-12(9)15)13-5-3-4-6-16(13)2/h3-14H,1-2H3;3-12H,1-2H3;3-8,10H,9H2,1-2H3;3-9,18H,10H2,1-2H3;3-8H,1-2H3/q5*+1. The molecule has 9 nitrogen and oxygen atoms in total. The molecule has 7 aromatic carbocycles. The number of alkyl halides is 3. The Kier molecular flexibility index (Phi) is 22.5. The third-order valence-electron chi connectivity index (χ3n) is 16.7. The van der Waals surface area contributed by atoms with Crippen LogP contribution in [0.25, 0.3) is 89.4 Å². The van der Waals surface area contributed by atoms with Crippen LogP contribution in [0.2, 0.25) is 0 Å². The van der Waals surface area contributed by atoms with Crippen LogP contribution in [0, 0.1) is 46.3 Å². The summed E-state index contributed by atoms with van der Waals surface area (Å²) >= 11 is 0. The lowest BCUT2D eigenvalue weighted by molar-refractivity contribution is -0.661. The topological polar surface area (TPSA) is 79.1 Å². The van der Waals surface area contributed by atoms with Crippen molar-refractivity contribution in [2.24, 2.45) is 35.2 Å². The molecule has 95 heavy (non-hydrogen) atoms. The molecule has 13 aromatic rings. The molecule has 14 heteroatoms. The average Bonchev–Trinajstić information content (AvgIpc) is 1.90. The molecule has 0 saturated carbocycles. The molecular weight excluding hydrogens is 1200 g/mol. The number of hydrogen-bond donors (Lipinski definition) is 1. The number of carbonyl (C=O) groups is 1. The normalized spacial score (nSPS) is 10.9. The van der Waals surface area contributed by atoms with E-state index in [1.807, 2.05) is 87.2 Å². The number of rotatable bonds is 10. The SMILES string of the molecule is Cc1c(-c2cccc[n+]2C)ccc2ccccc12.Cc1c(F)cc(F)cc1-c1cccc[n+]1C.Cc1cc(CO)oc1-c1ccc2ccccc2[n+]1C.Cc1ccc(COC=O)cc1-c1ccc(C(F)(F)F)c[n+]1C.Cc1ccccc1-c1cccc(-c2ccccc2)[n+]1C. The van der Waals surface area contributed by atoms with Gasteiger partial charge < -0.3 is 14.3 Å². The maximum Gasteiger partial charge on any atom is 0.422 e. The lowest BCUT2D eigenvalue weighted by Gasteiger charge is -2.09. The van der Waals surface area contributed by atoms with Crippen molar-refractivity contribution in [2.75, 3.05) is 0 Å². The highest BCUT2D eigenvalue weighted by Crippen LogP contribution is 2.32. The summed E-state index contributed by atoms with van der Waals surface area (Å²) < 4.78 is 85.0. The monoisotopic (exact) mass is 1280 g/mol. The van der Waals surface area contributed by atoms with Crippen molar-refractivity contribution in [1.29, 1.82) is 0 Å². The lowest BCUT2D eigenvalue weighted by atomic mass is 9.98. The fraction of sp³-hybridized carbons (Fsp3) is 0.160. The van der Waals surface area contributed by atoms with E-state index in [1.54, 1.807) is 20.0 Å². The molecule has 0 fully saturated rings. The number of furan rings is 1. The third-order valence-corrected chi connectivity index (χ3v) is 16.7. The summed E-state index contributed by atoms with van der Waals surface area (Å²) in [5, 5.41) is 13.0. The van der Waals surface area contributed by atoms with Gasteiger partial charge in [0.05, 0.1) is 5.56 Å². The van der Waals surface area contributed by atoms with E-state index in [9.17, 15) is 26.7 Å². The summed E-state index contributed by atoms with van der Waals surface area (Å²) in [5.41, 5.74) is 17.7. The van der Waals surface area contributed by atoms with Crippen LogP contribution < -0.4 is 22.8 Å². The van der Waals surface area contributed by atoms with Crippen molar-refractivity contribution in [3.05, 3.63) is 305 Å². The van der Waals surface area contributed by atoms with Crippen molar-refractivity contribution in [3.63, 3.8) is 0 Å². The van der Waals surface area contributed by atoms with Gasteiger partial charge in [-0.05, 0) is 152 Å². The number of para-hydroxylation sites is 1. The third kappa shape index (κ3) is 16.5. The summed E-state index contributed by atoms with van der Waals surface area (Å²) in [7, 11) is 9.66. The molecule has 0 aliphatic heterocycles. The van der Waals surface area contributed by atoms with Crippen LogP contribution in [-0.4, -0.2) is 11.6 Å². The van der Waals surface area contributed by atoms with Crippen LogP contribution in [-0.2, 0) is 64.2 Å². The highest BCUT2D eigenvalue weighted by atomic mass is 19.4. The molecule has 1 N–H and O–H groups in total. The van der Waals surface area contributed by atoms with Crippen LogP contribution >= 0.6 is 0 Å². The maximum absolute atomic E-state index is 13.4. The largest absolute Gasteiger partial charge is 0.463 e. The van der Waals surface area contributed by atoms with Gasteiger partial charge in [0.1, 0.15) is 71.4 Å². The highest BCUT2D eigenvalue weighted by Gasteiger charge is 2.34. The molecule has 13 rings (SSSR count). The number of hydrogen-bond acceptors (Lipinski definition) is 4. The maximum atomic E-state index is 13.4. The van der Waals surface area contributed by atoms with Gasteiger partial charge in [0.2, 0.25) is 45.4 Å². The molecule has 0 radical (unpaired) electrons. The minimum atomic E-state index is -4.37. The summed E-state index contributed by atoms with van der Waals surface area (Å²) in [6.07, 6.45) is 0.621. The van der Waals surface area contributed by atoms with Crippen molar-refractivity contribution in [2.45, 2.75) is 54.0 Å². The van der Waals surface area contributed by atoms with Gasteiger partial charge in [0.15, 0.2) is 18.6 Å². The zero-order chi connectivity index (χ0) is 67.9. The molecule has 0 amide bonds. The van der Waals surface area contributed by atoms with E-state index in [0.29, 0.717) is 29.1 Å². The van der Waals surface area contributed by atoms with Gasteiger partial charge in [0, 0.05) is 93.9 Å². The first-order chi connectivity index (χ1) is 45.7. The number of pyridine rings is 5. The van der Waals surface area contributed by atoms with Crippen molar-refractivity contribution in [1.82, 2.24) is 0 Å². The summed E-state index contributed by atoms with van der Waals surface area (Å²) in [4.78, 5) is 10.3. The minimum Gasteiger partial charge on any atom is -0.463 e. The van der Waals surface area contributed by atoms with E-state index in [1.165, 1.54) is 77.8 Å². The minimum absolute atomic E-state index is 0.0713. The first-order valence-corrected chi connectivity index (χ1v) is 30.9. The number of nitrogens with zero attached hydrogens (tertiary/aromatic N) is 5. The second kappa shape index (κ2) is 31.2. The molecule has 480 valence electrons. The van der Waals surface area contributed by atoms with E-state index in [2.05, 4.69) is 200 Å². The van der Waals surface area contributed by atoms with E-state index < -0.39 is 23.4 Å².